The fourth-order valence-electron chi connectivity index (χ4n) is 2.11. The lowest BCUT2D eigenvalue weighted by Crippen LogP contribution is -2.07. The predicted octanol–water partition coefficient (Wildman–Crippen LogP) is 3.84. The molecule has 5 heteroatoms. The van der Waals surface area contributed by atoms with Crippen molar-refractivity contribution in [3.05, 3.63) is 49.7 Å². The molecule has 1 unspecified atom stereocenters. The third kappa shape index (κ3) is 3.09. The van der Waals surface area contributed by atoms with Crippen LogP contribution in [0.4, 0.5) is 0 Å². The Labute approximate surface area is 129 Å². The Morgan fingerprint density at radius 1 is 1.32 bits per heavy atom. The molecule has 1 N–H and O–H groups in total. The fourth-order valence-corrected chi connectivity index (χ4v) is 3.12. The molecule has 0 radical (unpaired) electrons. The van der Waals surface area contributed by atoms with Crippen LogP contribution in [0.2, 0.25) is 0 Å². The predicted molar refractivity (Wildman–Crippen MR) is 83.2 cm³/mol. The van der Waals surface area contributed by atoms with E-state index in [-0.39, 0.29) is 0 Å². The number of aliphatic hydroxyl groups excluding tert-OH is 1. The summed E-state index contributed by atoms with van der Waals surface area (Å²) < 4.78 is 3.71. The summed E-state index contributed by atoms with van der Waals surface area (Å²) in [6.45, 7) is 3.97. The molecule has 19 heavy (non-hydrogen) atoms. The zero-order chi connectivity index (χ0) is 14.2. The Bertz CT molecular complexity index is 608. The topological polar surface area (TPSA) is 38.1 Å². The molecule has 1 atom stereocenters. The van der Waals surface area contributed by atoms with Gasteiger partial charge in [0.05, 0.1) is 22.0 Å². The first-order chi connectivity index (χ1) is 8.90. The van der Waals surface area contributed by atoms with E-state index in [1.807, 2.05) is 43.8 Å². The number of hydrogen-bond donors (Lipinski definition) is 1. The molecule has 1 aromatic carbocycles. The lowest BCUT2D eigenvalue weighted by molar-refractivity contribution is 0.175. The van der Waals surface area contributed by atoms with Gasteiger partial charge in [-0.25, -0.2) is 0 Å². The third-order valence-electron chi connectivity index (χ3n) is 3.16. The highest BCUT2D eigenvalue weighted by atomic mass is 79.9. The third-order valence-corrected chi connectivity index (χ3v) is 4.91. The Hall–Kier alpha value is -0.650. The number of aromatic nitrogens is 2. The summed E-state index contributed by atoms with van der Waals surface area (Å²) in [7, 11) is 1.89. The number of aryl methyl sites for hydroxylation is 3. The summed E-state index contributed by atoms with van der Waals surface area (Å²) in [5.74, 6) is 0. The van der Waals surface area contributed by atoms with E-state index in [0.717, 1.165) is 31.5 Å². The molecule has 0 spiro atoms. The maximum Gasteiger partial charge on any atom is 0.0856 e. The van der Waals surface area contributed by atoms with E-state index in [2.05, 4.69) is 37.0 Å². The molecule has 0 aliphatic heterocycles. The fraction of sp³-hybridized carbons (Fsp3) is 0.357. The van der Waals surface area contributed by atoms with E-state index in [4.69, 9.17) is 0 Å². The summed E-state index contributed by atoms with van der Waals surface area (Å²) in [6, 6.07) is 5.99. The van der Waals surface area contributed by atoms with Gasteiger partial charge in [0, 0.05) is 17.9 Å². The van der Waals surface area contributed by atoms with Crippen molar-refractivity contribution < 1.29 is 5.11 Å². The van der Waals surface area contributed by atoms with Gasteiger partial charge in [-0.3, -0.25) is 4.68 Å². The lowest BCUT2D eigenvalue weighted by Gasteiger charge is -2.14. The largest absolute Gasteiger partial charge is 0.388 e. The monoisotopic (exact) mass is 386 g/mol. The minimum absolute atomic E-state index is 0.528. The number of nitrogens with zero attached hydrogens (tertiary/aromatic N) is 2. The summed E-state index contributed by atoms with van der Waals surface area (Å²) >= 11 is 7.02. The molecule has 0 amide bonds. The quantitative estimate of drug-likeness (QED) is 0.868. The van der Waals surface area contributed by atoms with Crippen LogP contribution < -0.4 is 0 Å². The summed E-state index contributed by atoms with van der Waals surface area (Å²) in [6.07, 6.45) is -0.0275. The number of aliphatic hydroxyl groups is 1. The Balaban J connectivity index is 2.30. The van der Waals surface area contributed by atoms with Gasteiger partial charge in [0.1, 0.15) is 0 Å². The smallest absolute Gasteiger partial charge is 0.0856 e. The standard InChI is InChI=1S/C14H16Br2N2O/c1-8-4-5-11(15)10(6-8)13(19)7-12-14(16)9(2)17-18(12)3/h4-6,13,19H,7H2,1-3H3. The van der Waals surface area contributed by atoms with Crippen molar-refractivity contribution in [1.82, 2.24) is 9.78 Å². The second-order valence-electron chi connectivity index (χ2n) is 4.71. The highest BCUT2D eigenvalue weighted by molar-refractivity contribution is 9.10. The van der Waals surface area contributed by atoms with Gasteiger partial charge in [0.15, 0.2) is 0 Å². The van der Waals surface area contributed by atoms with Gasteiger partial charge in [-0.05, 0) is 41.4 Å². The van der Waals surface area contributed by atoms with Crippen LogP contribution in [0.5, 0.6) is 0 Å². The van der Waals surface area contributed by atoms with Crippen LogP contribution in [0.3, 0.4) is 0 Å². The van der Waals surface area contributed by atoms with Crippen LogP contribution in [-0.2, 0) is 13.5 Å². The molecule has 3 nitrogen and oxygen atoms in total. The van der Waals surface area contributed by atoms with Crippen LogP contribution in [-0.4, -0.2) is 14.9 Å². The number of benzene rings is 1. The van der Waals surface area contributed by atoms with Gasteiger partial charge in [-0.2, -0.15) is 5.10 Å². The molecule has 0 fully saturated rings. The highest BCUT2D eigenvalue weighted by Crippen LogP contribution is 2.30. The molecular formula is C14H16Br2N2O. The zero-order valence-electron chi connectivity index (χ0n) is 11.1. The number of halogens is 2. The van der Waals surface area contributed by atoms with E-state index in [1.54, 1.807) is 0 Å². The maximum absolute atomic E-state index is 10.4. The lowest BCUT2D eigenvalue weighted by atomic mass is 10.0. The molecule has 2 rings (SSSR count). The Kier molecular flexibility index (Phi) is 4.48. The van der Waals surface area contributed by atoms with E-state index >= 15 is 0 Å². The average molecular weight is 388 g/mol. The molecule has 0 aliphatic carbocycles. The van der Waals surface area contributed by atoms with Gasteiger partial charge in [0.25, 0.3) is 0 Å². The summed E-state index contributed by atoms with van der Waals surface area (Å²) in [4.78, 5) is 0. The van der Waals surface area contributed by atoms with Crippen LogP contribution in [0, 0.1) is 13.8 Å². The Morgan fingerprint density at radius 3 is 2.58 bits per heavy atom. The first-order valence-electron chi connectivity index (χ1n) is 6.02. The van der Waals surface area contributed by atoms with E-state index in [1.165, 1.54) is 0 Å². The second-order valence-corrected chi connectivity index (χ2v) is 6.36. The van der Waals surface area contributed by atoms with Crippen LogP contribution in [0.25, 0.3) is 0 Å². The summed E-state index contributed by atoms with van der Waals surface area (Å²) in [5, 5.41) is 14.8. The molecule has 0 aliphatic rings. The minimum atomic E-state index is -0.555. The van der Waals surface area contributed by atoms with Crippen molar-refractivity contribution in [3.8, 4) is 0 Å². The van der Waals surface area contributed by atoms with Crippen molar-refractivity contribution in [2.24, 2.45) is 7.05 Å². The van der Waals surface area contributed by atoms with E-state index in [9.17, 15) is 5.11 Å². The normalized spacial score (nSPS) is 12.7. The first-order valence-corrected chi connectivity index (χ1v) is 7.61. The van der Waals surface area contributed by atoms with Gasteiger partial charge < -0.3 is 5.11 Å². The SMILES string of the molecule is Cc1ccc(Br)c(C(O)Cc2c(Br)c(C)nn2C)c1. The molecule has 0 bridgehead atoms. The molecular weight excluding hydrogens is 372 g/mol. The molecule has 1 heterocycles. The van der Waals surface area contributed by atoms with Crippen molar-refractivity contribution >= 4 is 31.9 Å². The number of rotatable bonds is 3. The zero-order valence-corrected chi connectivity index (χ0v) is 14.3. The highest BCUT2D eigenvalue weighted by Gasteiger charge is 2.18. The maximum atomic E-state index is 10.4. The first kappa shape index (κ1) is 14.8. The van der Waals surface area contributed by atoms with Gasteiger partial charge in [-0.1, -0.05) is 33.6 Å². The van der Waals surface area contributed by atoms with E-state index in [0.29, 0.717) is 6.42 Å². The Morgan fingerprint density at radius 2 is 2.00 bits per heavy atom. The van der Waals surface area contributed by atoms with E-state index < -0.39 is 6.10 Å². The molecule has 0 saturated heterocycles. The average Bonchev–Trinajstić information content (AvgIpc) is 2.59. The molecule has 0 saturated carbocycles. The van der Waals surface area contributed by atoms with Gasteiger partial charge >= 0.3 is 0 Å². The van der Waals surface area contributed by atoms with Gasteiger partial charge in [0.2, 0.25) is 0 Å². The molecule has 1 aromatic heterocycles. The van der Waals surface area contributed by atoms with Crippen molar-refractivity contribution in [2.75, 3.05) is 0 Å². The second kappa shape index (κ2) is 5.77. The van der Waals surface area contributed by atoms with Crippen molar-refractivity contribution in [2.45, 2.75) is 26.4 Å². The summed E-state index contributed by atoms with van der Waals surface area (Å²) in [5.41, 5.74) is 3.98. The van der Waals surface area contributed by atoms with Gasteiger partial charge in [-0.15, -0.1) is 0 Å². The molecule has 102 valence electrons. The minimum Gasteiger partial charge on any atom is -0.388 e. The molecule has 2 aromatic rings. The van der Waals surface area contributed by atoms with Crippen LogP contribution in [0.15, 0.2) is 27.1 Å². The van der Waals surface area contributed by atoms with Crippen LogP contribution >= 0.6 is 31.9 Å². The van der Waals surface area contributed by atoms with Crippen molar-refractivity contribution in [1.29, 1.82) is 0 Å². The van der Waals surface area contributed by atoms with Crippen molar-refractivity contribution in [3.63, 3.8) is 0 Å². The number of hydrogen-bond acceptors (Lipinski definition) is 2. The van der Waals surface area contributed by atoms with Crippen LogP contribution in [0.1, 0.15) is 28.6 Å².